The SMILES string of the molecule is COc1cc([N+](=O)[O-])cc2sc(NC(=O)c3ccc(S(=O)(=O)N(Cc4ccccc4)C(C)C)cc3)nc12. The minimum Gasteiger partial charge on any atom is -0.494 e. The monoisotopic (exact) mass is 540 g/mol. The van der Waals surface area contributed by atoms with Gasteiger partial charge in [0.2, 0.25) is 10.0 Å². The normalized spacial score (nSPS) is 11.7. The van der Waals surface area contributed by atoms with Crippen molar-refractivity contribution < 1.29 is 22.9 Å². The van der Waals surface area contributed by atoms with Crippen LogP contribution in [-0.4, -0.2) is 41.7 Å². The van der Waals surface area contributed by atoms with Crippen LogP contribution in [-0.2, 0) is 16.6 Å². The Morgan fingerprint density at radius 3 is 2.41 bits per heavy atom. The van der Waals surface area contributed by atoms with Crippen LogP contribution in [0.1, 0.15) is 29.8 Å². The van der Waals surface area contributed by atoms with Crippen molar-refractivity contribution in [3.63, 3.8) is 0 Å². The van der Waals surface area contributed by atoms with Gasteiger partial charge in [-0.1, -0.05) is 41.7 Å². The summed E-state index contributed by atoms with van der Waals surface area (Å²) in [6.07, 6.45) is 0. The Morgan fingerprint density at radius 1 is 1.14 bits per heavy atom. The second-order valence-corrected chi connectivity index (χ2v) is 11.3. The molecule has 10 nitrogen and oxygen atoms in total. The molecule has 1 aromatic heterocycles. The summed E-state index contributed by atoms with van der Waals surface area (Å²) in [4.78, 5) is 27.9. The van der Waals surface area contributed by atoms with Gasteiger partial charge >= 0.3 is 0 Å². The van der Waals surface area contributed by atoms with Gasteiger partial charge in [-0.3, -0.25) is 20.2 Å². The number of anilines is 1. The minimum absolute atomic E-state index is 0.0747. The van der Waals surface area contributed by atoms with Crippen LogP contribution in [0.5, 0.6) is 5.75 Å². The Hall–Kier alpha value is -3.87. The summed E-state index contributed by atoms with van der Waals surface area (Å²) in [6, 6.07) is 17.3. The topological polar surface area (TPSA) is 132 Å². The van der Waals surface area contributed by atoms with Crippen LogP contribution in [0.15, 0.2) is 71.6 Å². The molecule has 0 radical (unpaired) electrons. The zero-order valence-corrected chi connectivity index (χ0v) is 21.9. The predicted octanol–water partition coefficient (Wildman–Crippen LogP) is 5.06. The summed E-state index contributed by atoms with van der Waals surface area (Å²) in [5.74, 6) is -0.276. The van der Waals surface area contributed by atoms with Crippen molar-refractivity contribution in [3.8, 4) is 5.75 Å². The van der Waals surface area contributed by atoms with Crippen molar-refractivity contribution >= 4 is 48.3 Å². The maximum Gasteiger partial charge on any atom is 0.274 e. The first-order valence-corrected chi connectivity index (χ1v) is 13.5. The van der Waals surface area contributed by atoms with Gasteiger partial charge in [0.25, 0.3) is 11.6 Å². The summed E-state index contributed by atoms with van der Waals surface area (Å²) in [6.45, 7) is 3.84. The first-order valence-electron chi connectivity index (χ1n) is 11.2. The number of methoxy groups -OCH3 is 1. The molecule has 3 aromatic carbocycles. The molecule has 12 heteroatoms. The van der Waals surface area contributed by atoms with Crippen LogP contribution < -0.4 is 10.1 Å². The number of carbonyl (C=O) groups excluding carboxylic acids is 1. The fraction of sp³-hybridized carbons (Fsp3) is 0.200. The number of sulfonamides is 1. The molecule has 0 atom stereocenters. The molecule has 0 fully saturated rings. The third-order valence-electron chi connectivity index (χ3n) is 5.58. The van der Waals surface area contributed by atoms with Gasteiger partial charge < -0.3 is 4.74 Å². The molecule has 4 rings (SSSR count). The highest BCUT2D eigenvalue weighted by molar-refractivity contribution is 7.89. The van der Waals surface area contributed by atoms with E-state index >= 15 is 0 Å². The maximum absolute atomic E-state index is 13.3. The largest absolute Gasteiger partial charge is 0.494 e. The Balaban J connectivity index is 1.54. The van der Waals surface area contributed by atoms with E-state index in [9.17, 15) is 23.3 Å². The molecule has 0 spiro atoms. The van der Waals surface area contributed by atoms with Gasteiger partial charge in [0.1, 0.15) is 5.52 Å². The van der Waals surface area contributed by atoms with Crippen molar-refractivity contribution in [2.24, 2.45) is 0 Å². The smallest absolute Gasteiger partial charge is 0.274 e. The number of carbonyl (C=O) groups is 1. The van der Waals surface area contributed by atoms with Gasteiger partial charge in [0.05, 0.1) is 27.7 Å². The summed E-state index contributed by atoms with van der Waals surface area (Å²) >= 11 is 1.07. The molecule has 0 saturated heterocycles. The van der Waals surface area contributed by atoms with E-state index in [-0.39, 0.29) is 39.6 Å². The number of aromatic nitrogens is 1. The highest BCUT2D eigenvalue weighted by atomic mass is 32.2. The van der Waals surface area contributed by atoms with Crippen molar-refractivity contribution in [1.82, 2.24) is 9.29 Å². The highest BCUT2D eigenvalue weighted by Crippen LogP contribution is 2.36. The molecule has 37 heavy (non-hydrogen) atoms. The first kappa shape index (κ1) is 26.2. The van der Waals surface area contributed by atoms with Crippen LogP contribution in [0.3, 0.4) is 0 Å². The fourth-order valence-electron chi connectivity index (χ4n) is 3.69. The number of thiazole rings is 1. The van der Waals surface area contributed by atoms with Crippen LogP contribution in [0.4, 0.5) is 10.8 Å². The molecule has 0 aliphatic heterocycles. The number of nitro groups is 1. The third-order valence-corrected chi connectivity index (χ3v) is 8.53. The lowest BCUT2D eigenvalue weighted by atomic mass is 10.2. The quantitative estimate of drug-likeness (QED) is 0.232. The number of hydrogen-bond donors (Lipinski definition) is 1. The Kier molecular flexibility index (Phi) is 7.52. The van der Waals surface area contributed by atoms with Gasteiger partial charge in [0, 0.05) is 24.2 Å². The number of rotatable bonds is 9. The van der Waals surface area contributed by atoms with Crippen molar-refractivity contribution in [2.45, 2.75) is 31.3 Å². The van der Waals surface area contributed by atoms with E-state index in [1.54, 1.807) is 0 Å². The number of amides is 1. The van der Waals surface area contributed by atoms with E-state index in [2.05, 4.69) is 10.3 Å². The Labute approximate surface area is 217 Å². The van der Waals surface area contributed by atoms with E-state index in [4.69, 9.17) is 4.74 Å². The summed E-state index contributed by atoms with van der Waals surface area (Å²) in [7, 11) is -2.43. The lowest BCUT2D eigenvalue weighted by Gasteiger charge is -2.26. The maximum atomic E-state index is 13.3. The molecule has 192 valence electrons. The van der Waals surface area contributed by atoms with E-state index < -0.39 is 20.9 Å². The molecule has 0 aliphatic carbocycles. The number of fused-ring (bicyclic) bond motifs is 1. The molecule has 1 heterocycles. The molecule has 4 aromatic rings. The fourth-order valence-corrected chi connectivity index (χ4v) is 6.23. The predicted molar refractivity (Wildman–Crippen MR) is 142 cm³/mol. The molecule has 1 amide bonds. The standard InChI is InChI=1S/C25H24N4O6S2/c1-16(2)28(15-17-7-5-4-6-8-17)37(33,34)20-11-9-18(10-12-20)24(30)27-25-26-23-21(35-3)13-19(29(31)32)14-22(23)36-25/h4-14,16H,15H2,1-3H3,(H,26,27,30). The second-order valence-electron chi connectivity index (χ2n) is 8.38. The molecular weight excluding hydrogens is 516 g/mol. The second kappa shape index (κ2) is 10.6. The minimum atomic E-state index is -3.81. The zero-order chi connectivity index (χ0) is 26.7. The van der Waals surface area contributed by atoms with Crippen LogP contribution in [0, 0.1) is 10.1 Å². The van der Waals surface area contributed by atoms with Gasteiger partial charge in [-0.05, 0) is 43.7 Å². The lowest BCUT2D eigenvalue weighted by molar-refractivity contribution is -0.384. The summed E-state index contributed by atoms with van der Waals surface area (Å²) < 4.78 is 33.8. The van der Waals surface area contributed by atoms with Gasteiger partial charge in [-0.25, -0.2) is 13.4 Å². The molecule has 0 bridgehead atoms. The number of non-ortho nitro benzene ring substituents is 1. The van der Waals surface area contributed by atoms with Crippen LogP contribution in [0.2, 0.25) is 0 Å². The Morgan fingerprint density at radius 2 is 1.81 bits per heavy atom. The summed E-state index contributed by atoms with van der Waals surface area (Å²) in [5, 5.41) is 14.1. The average molecular weight is 541 g/mol. The van der Waals surface area contributed by atoms with Crippen molar-refractivity contribution in [1.29, 1.82) is 0 Å². The van der Waals surface area contributed by atoms with Crippen molar-refractivity contribution in [2.75, 3.05) is 12.4 Å². The van der Waals surface area contributed by atoms with E-state index in [0.29, 0.717) is 10.2 Å². The number of nitrogens with one attached hydrogen (secondary N) is 1. The van der Waals surface area contributed by atoms with E-state index in [0.717, 1.165) is 16.9 Å². The van der Waals surface area contributed by atoms with Crippen LogP contribution in [0.25, 0.3) is 10.2 Å². The number of hydrogen-bond acceptors (Lipinski definition) is 8. The summed E-state index contributed by atoms with van der Waals surface area (Å²) in [5.41, 5.74) is 1.34. The van der Waals surface area contributed by atoms with Gasteiger partial charge in [0.15, 0.2) is 10.9 Å². The lowest BCUT2D eigenvalue weighted by Crippen LogP contribution is -2.36. The van der Waals surface area contributed by atoms with Crippen molar-refractivity contribution in [3.05, 3.63) is 88.0 Å². The molecule has 0 saturated carbocycles. The Bertz CT molecular complexity index is 1550. The van der Waals surface area contributed by atoms with E-state index in [1.807, 2.05) is 44.2 Å². The van der Waals surface area contributed by atoms with Crippen LogP contribution >= 0.6 is 11.3 Å². The molecule has 0 unspecified atom stereocenters. The number of benzene rings is 3. The first-order chi connectivity index (χ1) is 17.6. The zero-order valence-electron chi connectivity index (χ0n) is 20.2. The number of nitro benzene ring substituents is 1. The third kappa shape index (κ3) is 5.61. The van der Waals surface area contributed by atoms with Gasteiger partial charge in [-0.15, -0.1) is 0 Å². The van der Waals surface area contributed by atoms with Gasteiger partial charge in [-0.2, -0.15) is 4.31 Å². The average Bonchev–Trinajstić information content (AvgIpc) is 3.29. The molecular formula is C25H24N4O6S2. The van der Waals surface area contributed by atoms with E-state index in [1.165, 1.54) is 47.8 Å². The molecule has 0 aliphatic rings. The number of ether oxygens (including phenoxy) is 1. The molecule has 1 N–H and O–H groups in total. The number of nitrogens with zero attached hydrogens (tertiary/aromatic N) is 3. The highest BCUT2D eigenvalue weighted by Gasteiger charge is 2.27.